The van der Waals surface area contributed by atoms with Gasteiger partial charge in [0.1, 0.15) is 5.69 Å². The molecule has 3 aromatic carbocycles. The molecule has 2 amide bonds. The molecule has 7 rings (SSSR count). The molecule has 1 saturated heterocycles. The van der Waals surface area contributed by atoms with Gasteiger partial charge in [0, 0.05) is 86.8 Å². The molecule has 1 aliphatic rings. The zero-order valence-corrected chi connectivity index (χ0v) is 28.5. The predicted octanol–water partition coefficient (Wildman–Crippen LogP) is 7.72. The lowest BCUT2D eigenvalue weighted by Gasteiger charge is -2.36. The number of amides is 2. The largest absolute Gasteiger partial charge is 0.385 e. The minimum Gasteiger partial charge on any atom is -0.385 e. The van der Waals surface area contributed by atoms with Crippen molar-refractivity contribution in [2.75, 3.05) is 67.3 Å². The summed E-state index contributed by atoms with van der Waals surface area (Å²) < 4.78 is 7.23. The summed E-state index contributed by atoms with van der Waals surface area (Å²) in [5, 5.41) is 11.5. The number of para-hydroxylation sites is 1. The maximum atomic E-state index is 12.8. The van der Waals surface area contributed by atoms with Crippen molar-refractivity contribution in [3.63, 3.8) is 0 Å². The van der Waals surface area contributed by atoms with Gasteiger partial charge in [0.25, 0.3) is 0 Å². The molecule has 0 unspecified atom stereocenters. The van der Waals surface area contributed by atoms with E-state index in [2.05, 4.69) is 55.0 Å². The van der Waals surface area contributed by atoms with Gasteiger partial charge in [-0.3, -0.25) is 9.30 Å². The van der Waals surface area contributed by atoms with Crippen LogP contribution in [0.1, 0.15) is 6.42 Å². The first-order valence-corrected chi connectivity index (χ1v) is 17.3. The molecule has 0 atom stereocenters. The highest BCUT2D eigenvalue weighted by molar-refractivity contribution is 7.15. The van der Waals surface area contributed by atoms with Gasteiger partial charge in [0.05, 0.1) is 22.1 Å². The first-order valence-electron chi connectivity index (χ1n) is 16.1. The van der Waals surface area contributed by atoms with Crippen LogP contribution in [0.25, 0.3) is 27.6 Å². The van der Waals surface area contributed by atoms with Gasteiger partial charge in [-0.05, 0) is 61.0 Å². The zero-order valence-electron chi connectivity index (χ0n) is 27.0. The minimum absolute atomic E-state index is 0.396. The highest BCUT2D eigenvalue weighted by atomic mass is 35.5. The zero-order chi connectivity index (χ0) is 33.6. The number of urea groups is 1. The fourth-order valence-corrected chi connectivity index (χ4v) is 6.82. The topological polar surface area (TPSA) is 112 Å². The maximum Gasteiger partial charge on any atom is 0.323 e. The molecule has 250 valence electrons. The Morgan fingerprint density at radius 2 is 1.78 bits per heavy atom. The summed E-state index contributed by atoms with van der Waals surface area (Å²) in [6.07, 6.45) is 4.80. The number of fused-ring (bicyclic) bond motifs is 1. The number of carbonyl (C=O) groups is 1. The molecule has 0 bridgehead atoms. The standard InChI is InChI=1S/C36H36ClN9O2S/c1-48-22-5-16-44-17-19-45(20-18-44)28-12-10-26(11-13-28)39-34-38-15-14-31(41-34)33-32(43-36-46(33)21-23-49-36)25-6-4-7-27(24-25)40-35(47)42-30-9-3-2-8-29(30)37/h2-4,6-15,21,23-24H,5,16-20,22H2,1H3,(H,38,39,41)(H2,40,42,47). The van der Waals surface area contributed by atoms with Gasteiger partial charge in [-0.1, -0.05) is 35.9 Å². The summed E-state index contributed by atoms with van der Waals surface area (Å²) in [5.74, 6) is 0.484. The predicted molar refractivity (Wildman–Crippen MR) is 198 cm³/mol. The summed E-state index contributed by atoms with van der Waals surface area (Å²) in [5.41, 5.74) is 6.38. The molecule has 1 aliphatic heterocycles. The molecular weight excluding hydrogens is 658 g/mol. The normalized spacial score (nSPS) is 13.5. The van der Waals surface area contributed by atoms with Crippen LogP contribution in [0, 0.1) is 0 Å². The van der Waals surface area contributed by atoms with Crippen LogP contribution in [-0.4, -0.2) is 76.7 Å². The molecule has 13 heteroatoms. The van der Waals surface area contributed by atoms with E-state index in [4.69, 9.17) is 26.3 Å². The van der Waals surface area contributed by atoms with E-state index in [-0.39, 0.29) is 0 Å². The lowest BCUT2D eigenvalue weighted by Crippen LogP contribution is -2.46. The van der Waals surface area contributed by atoms with Crippen molar-refractivity contribution in [3.8, 4) is 22.6 Å². The highest BCUT2D eigenvalue weighted by Gasteiger charge is 2.20. The van der Waals surface area contributed by atoms with Gasteiger partial charge >= 0.3 is 6.03 Å². The van der Waals surface area contributed by atoms with Gasteiger partial charge in [-0.2, -0.15) is 0 Å². The van der Waals surface area contributed by atoms with Crippen molar-refractivity contribution in [3.05, 3.63) is 102 Å². The SMILES string of the molecule is COCCCN1CCN(c2ccc(Nc3nccc(-c4c(-c5cccc(NC(=O)Nc6ccccc6Cl)c5)nc5sccn45)n3)cc2)CC1. The third-order valence-electron chi connectivity index (χ3n) is 8.36. The molecule has 11 nitrogen and oxygen atoms in total. The third kappa shape index (κ3) is 7.68. The van der Waals surface area contributed by atoms with E-state index in [0.717, 1.165) is 73.4 Å². The van der Waals surface area contributed by atoms with Crippen LogP contribution in [0.5, 0.6) is 0 Å². The number of ether oxygens (including phenoxy) is 1. The second kappa shape index (κ2) is 15.0. The van der Waals surface area contributed by atoms with Crippen molar-refractivity contribution in [1.29, 1.82) is 0 Å². The maximum absolute atomic E-state index is 12.8. The van der Waals surface area contributed by atoms with Gasteiger partial charge < -0.3 is 25.6 Å². The number of piperazine rings is 1. The Balaban J connectivity index is 1.06. The van der Waals surface area contributed by atoms with Crippen LogP contribution >= 0.6 is 22.9 Å². The highest BCUT2D eigenvalue weighted by Crippen LogP contribution is 2.35. The second-order valence-electron chi connectivity index (χ2n) is 11.6. The van der Waals surface area contributed by atoms with Crippen molar-refractivity contribution < 1.29 is 9.53 Å². The van der Waals surface area contributed by atoms with Crippen LogP contribution in [-0.2, 0) is 4.74 Å². The van der Waals surface area contributed by atoms with Crippen molar-refractivity contribution >= 4 is 62.6 Å². The lowest BCUT2D eigenvalue weighted by atomic mass is 10.1. The Kier molecular flexibility index (Phi) is 9.99. The Hall–Kier alpha value is -5.01. The Labute approximate surface area is 293 Å². The number of methoxy groups -OCH3 is 1. The molecule has 49 heavy (non-hydrogen) atoms. The van der Waals surface area contributed by atoms with E-state index >= 15 is 0 Å². The van der Waals surface area contributed by atoms with E-state index in [0.29, 0.717) is 28.0 Å². The Bertz CT molecular complexity index is 2040. The van der Waals surface area contributed by atoms with E-state index in [1.165, 1.54) is 5.69 Å². The number of hydrogen-bond donors (Lipinski definition) is 3. The van der Waals surface area contributed by atoms with Gasteiger partial charge in [-0.25, -0.2) is 19.7 Å². The van der Waals surface area contributed by atoms with E-state index in [1.54, 1.807) is 36.8 Å². The third-order valence-corrected chi connectivity index (χ3v) is 9.45. The van der Waals surface area contributed by atoms with E-state index in [9.17, 15) is 4.79 Å². The summed E-state index contributed by atoms with van der Waals surface area (Å²) in [4.78, 5) is 32.9. The summed E-state index contributed by atoms with van der Waals surface area (Å²) in [6.45, 7) is 6.00. The van der Waals surface area contributed by atoms with Gasteiger partial charge in [0.2, 0.25) is 5.95 Å². The fraction of sp³-hybridized carbons (Fsp3) is 0.222. The van der Waals surface area contributed by atoms with E-state index < -0.39 is 6.03 Å². The number of imidazole rings is 1. The molecule has 1 fully saturated rings. The average Bonchev–Trinajstić information content (AvgIpc) is 3.73. The molecule has 3 aromatic heterocycles. The van der Waals surface area contributed by atoms with Gasteiger partial charge in [-0.15, -0.1) is 11.3 Å². The number of benzene rings is 3. The quantitative estimate of drug-likeness (QED) is 0.118. The molecule has 4 heterocycles. The van der Waals surface area contributed by atoms with Crippen molar-refractivity contribution in [2.45, 2.75) is 6.42 Å². The number of rotatable bonds is 11. The first kappa shape index (κ1) is 32.5. The van der Waals surface area contributed by atoms with Crippen LogP contribution in [0.3, 0.4) is 0 Å². The molecule has 0 aliphatic carbocycles. The van der Waals surface area contributed by atoms with Crippen LogP contribution < -0.4 is 20.9 Å². The van der Waals surface area contributed by atoms with Crippen LogP contribution in [0.15, 0.2) is 96.6 Å². The number of halogens is 1. The molecule has 6 aromatic rings. The number of carbonyl (C=O) groups excluding carboxylic acids is 1. The van der Waals surface area contributed by atoms with E-state index in [1.807, 2.05) is 58.4 Å². The molecule has 0 spiro atoms. The number of anilines is 5. The first-order chi connectivity index (χ1) is 24.0. The number of nitrogens with one attached hydrogen (secondary N) is 3. The molecule has 0 radical (unpaired) electrons. The summed E-state index contributed by atoms with van der Waals surface area (Å²) in [7, 11) is 1.76. The summed E-state index contributed by atoms with van der Waals surface area (Å²) >= 11 is 7.76. The number of hydrogen-bond acceptors (Lipinski definition) is 9. The van der Waals surface area contributed by atoms with Crippen molar-refractivity contribution in [1.82, 2.24) is 24.3 Å². The van der Waals surface area contributed by atoms with Crippen LogP contribution in [0.4, 0.5) is 33.5 Å². The van der Waals surface area contributed by atoms with Crippen molar-refractivity contribution in [2.24, 2.45) is 0 Å². The Morgan fingerprint density at radius 1 is 0.939 bits per heavy atom. The number of nitrogens with zero attached hydrogens (tertiary/aromatic N) is 6. The number of aromatic nitrogens is 4. The average molecular weight is 694 g/mol. The van der Waals surface area contributed by atoms with Gasteiger partial charge in [0.15, 0.2) is 4.96 Å². The summed E-state index contributed by atoms with van der Waals surface area (Å²) in [6, 6.07) is 24.6. The Morgan fingerprint density at radius 3 is 2.59 bits per heavy atom. The monoisotopic (exact) mass is 693 g/mol. The van der Waals surface area contributed by atoms with Crippen LogP contribution in [0.2, 0.25) is 5.02 Å². The number of thiazole rings is 1. The molecule has 0 saturated carbocycles. The molecular formula is C36H36ClN9O2S. The molecule has 3 N–H and O–H groups in total. The second-order valence-corrected chi connectivity index (χ2v) is 12.9. The fourth-order valence-electron chi connectivity index (χ4n) is 5.92. The smallest absolute Gasteiger partial charge is 0.323 e. The lowest BCUT2D eigenvalue weighted by molar-refractivity contribution is 0.169. The minimum atomic E-state index is -0.396.